The molecule has 7 nitrogen and oxygen atoms in total. The van der Waals surface area contributed by atoms with Gasteiger partial charge in [-0.15, -0.1) is 0 Å². The quantitative estimate of drug-likeness (QED) is 0.594. The van der Waals surface area contributed by atoms with E-state index in [1.165, 1.54) is 11.6 Å². The van der Waals surface area contributed by atoms with Crippen molar-refractivity contribution < 1.29 is 18.3 Å². The van der Waals surface area contributed by atoms with E-state index in [4.69, 9.17) is 23.2 Å². The SMILES string of the molecule is CNS(=O)(=O)Cn1cc(C(=O)O)c(=O)c2cc(Cc3cccc(Cl)c3Cl)ccc21. The van der Waals surface area contributed by atoms with Crippen LogP contribution in [0.2, 0.25) is 10.0 Å². The third-order valence-corrected chi connectivity index (χ3v) is 6.52. The normalized spacial score (nSPS) is 11.7. The fourth-order valence-corrected chi connectivity index (χ4v) is 4.06. The molecule has 10 heteroatoms. The number of hydrogen-bond acceptors (Lipinski definition) is 4. The van der Waals surface area contributed by atoms with Crippen LogP contribution < -0.4 is 10.2 Å². The smallest absolute Gasteiger partial charge is 0.341 e. The molecule has 0 radical (unpaired) electrons. The third-order valence-electron chi connectivity index (χ3n) is 4.42. The van der Waals surface area contributed by atoms with Gasteiger partial charge in [0.15, 0.2) is 0 Å². The van der Waals surface area contributed by atoms with E-state index >= 15 is 0 Å². The first-order valence-electron chi connectivity index (χ1n) is 8.36. The molecule has 0 aliphatic rings. The van der Waals surface area contributed by atoms with Gasteiger partial charge in [-0.3, -0.25) is 4.79 Å². The van der Waals surface area contributed by atoms with Crippen molar-refractivity contribution >= 4 is 50.1 Å². The number of carbonyl (C=O) groups is 1. The maximum Gasteiger partial charge on any atom is 0.341 e. The van der Waals surface area contributed by atoms with Gasteiger partial charge in [0.2, 0.25) is 15.5 Å². The summed E-state index contributed by atoms with van der Waals surface area (Å²) in [5.74, 6) is -1.96. The summed E-state index contributed by atoms with van der Waals surface area (Å²) in [6.07, 6.45) is 1.40. The van der Waals surface area contributed by atoms with Crippen molar-refractivity contribution in [3.8, 4) is 0 Å². The van der Waals surface area contributed by atoms with Gasteiger partial charge in [-0.1, -0.05) is 41.4 Å². The van der Waals surface area contributed by atoms with Gasteiger partial charge in [0.1, 0.15) is 11.4 Å². The van der Waals surface area contributed by atoms with Crippen molar-refractivity contribution in [1.29, 1.82) is 0 Å². The third kappa shape index (κ3) is 4.45. The molecule has 0 aliphatic carbocycles. The minimum atomic E-state index is -3.70. The molecule has 29 heavy (non-hydrogen) atoms. The van der Waals surface area contributed by atoms with E-state index in [0.29, 0.717) is 27.5 Å². The number of aromatic carboxylic acids is 1. The number of benzene rings is 2. The minimum Gasteiger partial charge on any atom is -0.477 e. The largest absolute Gasteiger partial charge is 0.477 e. The predicted molar refractivity (Wildman–Crippen MR) is 112 cm³/mol. The highest BCUT2D eigenvalue weighted by atomic mass is 35.5. The molecule has 1 aromatic heterocycles. The summed E-state index contributed by atoms with van der Waals surface area (Å²) in [6, 6.07) is 10.1. The van der Waals surface area contributed by atoms with Crippen LogP contribution in [-0.2, 0) is 22.3 Å². The first kappa shape index (κ1) is 21.3. The molecule has 0 saturated carbocycles. The van der Waals surface area contributed by atoms with Crippen molar-refractivity contribution in [1.82, 2.24) is 9.29 Å². The number of nitrogens with zero attached hydrogens (tertiary/aromatic N) is 1. The summed E-state index contributed by atoms with van der Waals surface area (Å²) in [7, 11) is -2.45. The van der Waals surface area contributed by atoms with E-state index in [2.05, 4.69) is 4.72 Å². The van der Waals surface area contributed by atoms with Crippen LogP contribution in [0.15, 0.2) is 47.4 Å². The van der Waals surface area contributed by atoms with E-state index in [1.54, 1.807) is 36.4 Å². The fourth-order valence-electron chi connectivity index (χ4n) is 2.97. The van der Waals surface area contributed by atoms with Crippen LogP contribution in [0.5, 0.6) is 0 Å². The Labute approximate surface area is 176 Å². The van der Waals surface area contributed by atoms with Gasteiger partial charge in [-0.25, -0.2) is 17.9 Å². The standard InChI is InChI=1S/C19H16Cl2N2O5S/c1-22-29(27,28)10-23-9-14(19(25)26)18(24)13-8-11(5-6-16(13)23)7-12-3-2-4-15(20)17(12)21/h2-6,8-9,22H,7,10H2,1H3,(H,25,26). The molecule has 0 unspecified atom stereocenters. The Balaban J connectivity index is 2.18. The van der Waals surface area contributed by atoms with Crippen LogP contribution >= 0.6 is 23.2 Å². The molecule has 0 aliphatic heterocycles. The molecular formula is C19H16Cl2N2O5S. The summed E-state index contributed by atoms with van der Waals surface area (Å²) < 4.78 is 27.3. The van der Waals surface area contributed by atoms with Crippen LogP contribution in [0, 0.1) is 0 Å². The topological polar surface area (TPSA) is 105 Å². The molecule has 0 saturated heterocycles. The molecule has 0 spiro atoms. The zero-order valence-electron chi connectivity index (χ0n) is 15.1. The van der Waals surface area contributed by atoms with Gasteiger partial charge in [-0.2, -0.15) is 0 Å². The fraction of sp³-hybridized carbons (Fsp3) is 0.158. The van der Waals surface area contributed by atoms with Crippen LogP contribution in [0.1, 0.15) is 21.5 Å². The first-order chi connectivity index (χ1) is 13.6. The monoisotopic (exact) mass is 454 g/mol. The zero-order chi connectivity index (χ0) is 21.3. The number of carboxylic acid groups (broad SMARTS) is 1. The van der Waals surface area contributed by atoms with E-state index in [1.807, 2.05) is 0 Å². The Bertz CT molecular complexity index is 1290. The number of fused-ring (bicyclic) bond motifs is 1. The molecule has 0 amide bonds. The second-order valence-corrected chi connectivity index (χ2v) is 9.02. The van der Waals surface area contributed by atoms with Gasteiger partial charge in [0.05, 0.1) is 15.6 Å². The van der Waals surface area contributed by atoms with E-state index in [9.17, 15) is 23.1 Å². The van der Waals surface area contributed by atoms with Crippen molar-refractivity contribution in [2.75, 3.05) is 7.05 Å². The lowest BCUT2D eigenvalue weighted by atomic mass is 10.0. The maximum atomic E-state index is 12.7. The highest BCUT2D eigenvalue weighted by Crippen LogP contribution is 2.28. The predicted octanol–water partition coefficient (Wildman–Crippen LogP) is 3.10. The molecular weight excluding hydrogens is 439 g/mol. The Kier molecular flexibility index (Phi) is 6.00. The summed E-state index contributed by atoms with van der Waals surface area (Å²) in [4.78, 5) is 24.2. The molecule has 2 N–H and O–H groups in total. The Hall–Kier alpha value is -2.39. The Morgan fingerprint density at radius 3 is 2.59 bits per heavy atom. The minimum absolute atomic E-state index is 0.104. The number of nitrogens with one attached hydrogen (secondary N) is 1. The number of carboxylic acids is 1. The number of halogens is 2. The average Bonchev–Trinajstić information content (AvgIpc) is 2.67. The van der Waals surface area contributed by atoms with Gasteiger partial charge in [-0.05, 0) is 42.8 Å². The average molecular weight is 455 g/mol. The van der Waals surface area contributed by atoms with E-state index < -0.39 is 32.9 Å². The van der Waals surface area contributed by atoms with Crippen LogP contribution in [0.25, 0.3) is 10.9 Å². The molecule has 3 aromatic rings. The summed E-state index contributed by atoms with van der Waals surface area (Å²) in [6.45, 7) is 0. The molecule has 152 valence electrons. The number of rotatable bonds is 6. The summed E-state index contributed by atoms with van der Waals surface area (Å²) in [5, 5.41) is 10.3. The highest BCUT2D eigenvalue weighted by Gasteiger charge is 2.18. The lowest BCUT2D eigenvalue weighted by Gasteiger charge is -2.14. The molecule has 0 fully saturated rings. The zero-order valence-corrected chi connectivity index (χ0v) is 17.5. The molecule has 0 bridgehead atoms. The second-order valence-electron chi connectivity index (χ2n) is 6.34. The van der Waals surface area contributed by atoms with Gasteiger partial charge < -0.3 is 9.67 Å². The van der Waals surface area contributed by atoms with E-state index in [0.717, 1.165) is 11.8 Å². The number of pyridine rings is 1. The Morgan fingerprint density at radius 2 is 1.93 bits per heavy atom. The van der Waals surface area contributed by atoms with Crippen molar-refractivity contribution in [2.45, 2.75) is 12.3 Å². The second kappa shape index (κ2) is 8.16. The van der Waals surface area contributed by atoms with Gasteiger partial charge in [0, 0.05) is 11.6 Å². The van der Waals surface area contributed by atoms with Gasteiger partial charge in [0.25, 0.3) is 0 Å². The van der Waals surface area contributed by atoms with Gasteiger partial charge >= 0.3 is 5.97 Å². The molecule has 1 heterocycles. The van der Waals surface area contributed by atoms with E-state index in [-0.39, 0.29) is 5.39 Å². The van der Waals surface area contributed by atoms with Crippen LogP contribution in [-0.4, -0.2) is 31.1 Å². The lowest BCUT2D eigenvalue weighted by Crippen LogP contribution is -2.26. The maximum absolute atomic E-state index is 12.7. The molecule has 2 aromatic carbocycles. The lowest BCUT2D eigenvalue weighted by molar-refractivity contribution is 0.0695. The van der Waals surface area contributed by atoms with Crippen molar-refractivity contribution in [3.63, 3.8) is 0 Å². The van der Waals surface area contributed by atoms with Crippen LogP contribution in [0.4, 0.5) is 0 Å². The van der Waals surface area contributed by atoms with Crippen molar-refractivity contribution in [3.05, 3.63) is 79.6 Å². The highest BCUT2D eigenvalue weighted by molar-refractivity contribution is 7.88. The number of sulfonamides is 1. The number of hydrogen-bond donors (Lipinski definition) is 2. The van der Waals surface area contributed by atoms with Crippen LogP contribution in [0.3, 0.4) is 0 Å². The first-order valence-corrected chi connectivity index (χ1v) is 10.8. The summed E-state index contributed by atoms with van der Waals surface area (Å²) >= 11 is 12.3. The number of aromatic nitrogens is 1. The Morgan fingerprint density at radius 1 is 1.21 bits per heavy atom. The summed E-state index contributed by atoms with van der Waals surface area (Å²) in [5.41, 5.74) is 0.543. The molecule has 3 rings (SSSR count). The van der Waals surface area contributed by atoms with Crippen molar-refractivity contribution in [2.24, 2.45) is 0 Å². The molecule has 0 atom stereocenters.